The molecule has 210 valence electrons. The van der Waals surface area contributed by atoms with E-state index >= 15 is 0 Å². The number of halogens is 1. The molecule has 11 heteroatoms. The van der Waals surface area contributed by atoms with E-state index in [0.717, 1.165) is 45.1 Å². The molecule has 6 rings (SSSR count). The molecule has 6 fully saturated rings. The van der Waals surface area contributed by atoms with Crippen LogP contribution in [0.4, 0.5) is 0 Å². The second-order valence-electron chi connectivity index (χ2n) is 12.8. The van der Waals surface area contributed by atoms with Crippen molar-refractivity contribution in [1.82, 2.24) is 26.2 Å². The maximum Gasteiger partial charge on any atom is 0.226 e. The third kappa shape index (κ3) is 5.08. The van der Waals surface area contributed by atoms with Gasteiger partial charge in [0.25, 0.3) is 0 Å². The van der Waals surface area contributed by atoms with Gasteiger partial charge in [-0.3, -0.25) is 20.2 Å². The molecule has 4 saturated heterocycles. The molecule has 4 aliphatic heterocycles. The molecular formula is C27H41ClN6O3S. The Bertz CT molecular complexity index is 953. The number of fused-ring (bicyclic) bond motifs is 1. The van der Waals surface area contributed by atoms with Crippen LogP contribution in [0.1, 0.15) is 45.4 Å². The van der Waals surface area contributed by atoms with Crippen LogP contribution in [0.15, 0.2) is 0 Å². The first kappa shape index (κ1) is 27.1. The van der Waals surface area contributed by atoms with E-state index in [1.165, 1.54) is 0 Å². The van der Waals surface area contributed by atoms with E-state index in [0.29, 0.717) is 30.9 Å². The summed E-state index contributed by atoms with van der Waals surface area (Å²) < 4.78 is 5.81. The summed E-state index contributed by atoms with van der Waals surface area (Å²) in [4.78, 5) is 28.7. The van der Waals surface area contributed by atoms with Gasteiger partial charge in [0.1, 0.15) is 5.50 Å². The van der Waals surface area contributed by atoms with Crippen LogP contribution in [-0.2, 0) is 14.3 Å². The number of nitrogens with one attached hydrogen (secondary N) is 4. The third-order valence-electron chi connectivity index (χ3n) is 10.3. The summed E-state index contributed by atoms with van der Waals surface area (Å²) in [7, 11) is 1.75. The third-order valence-corrected chi connectivity index (χ3v) is 12.0. The molecule has 9 atom stereocenters. The van der Waals surface area contributed by atoms with Gasteiger partial charge in [-0.15, -0.1) is 23.4 Å². The molecular weight excluding hydrogens is 524 g/mol. The number of likely N-dealkylation sites (tertiary alicyclic amines) is 1. The first-order chi connectivity index (χ1) is 18.3. The van der Waals surface area contributed by atoms with Gasteiger partial charge in [-0.2, -0.15) is 5.26 Å². The van der Waals surface area contributed by atoms with Crippen molar-refractivity contribution in [3.8, 4) is 6.07 Å². The Balaban J connectivity index is 1.00. The largest absolute Gasteiger partial charge is 0.380 e. The van der Waals surface area contributed by atoms with E-state index in [1.54, 1.807) is 18.9 Å². The molecule has 0 radical (unpaired) electrons. The highest BCUT2D eigenvalue weighted by atomic mass is 35.5. The number of amides is 2. The number of methoxy groups -OCH3 is 1. The molecule has 9 unspecified atom stereocenters. The van der Waals surface area contributed by atoms with Crippen molar-refractivity contribution < 1.29 is 14.3 Å². The molecule has 0 aromatic rings. The van der Waals surface area contributed by atoms with Gasteiger partial charge in [-0.1, -0.05) is 0 Å². The number of hydrogen-bond donors (Lipinski definition) is 4. The lowest BCUT2D eigenvalue weighted by Gasteiger charge is -2.56. The summed E-state index contributed by atoms with van der Waals surface area (Å²) in [5.41, 5.74) is 0.0578. The predicted octanol–water partition coefficient (Wildman–Crippen LogP) is 1.44. The minimum atomic E-state index is -0.133. The Morgan fingerprint density at radius 2 is 1.92 bits per heavy atom. The van der Waals surface area contributed by atoms with Crippen LogP contribution in [0.3, 0.4) is 0 Å². The highest BCUT2D eigenvalue weighted by Gasteiger charge is 2.56. The molecule has 4 heterocycles. The quantitative estimate of drug-likeness (QED) is 0.293. The van der Waals surface area contributed by atoms with Gasteiger partial charge in [0.05, 0.1) is 23.6 Å². The number of ether oxygens (including phenoxy) is 1. The minimum absolute atomic E-state index is 0.0556. The summed E-state index contributed by atoms with van der Waals surface area (Å²) >= 11 is 8.22. The van der Waals surface area contributed by atoms with Crippen LogP contribution < -0.4 is 21.3 Å². The van der Waals surface area contributed by atoms with Crippen molar-refractivity contribution in [3.63, 3.8) is 0 Å². The molecule has 2 amide bonds. The van der Waals surface area contributed by atoms with Gasteiger partial charge in [0, 0.05) is 62.5 Å². The topological polar surface area (TPSA) is 119 Å². The predicted molar refractivity (Wildman–Crippen MR) is 146 cm³/mol. The average molecular weight is 565 g/mol. The number of thioether (sulfide) groups is 1. The summed E-state index contributed by atoms with van der Waals surface area (Å²) in [5.74, 6) is 1.02. The zero-order valence-corrected chi connectivity index (χ0v) is 23.9. The first-order valence-electron chi connectivity index (χ1n) is 14.3. The molecule has 2 saturated carbocycles. The smallest absolute Gasteiger partial charge is 0.226 e. The molecule has 1 spiro atoms. The lowest BCUT2D eigenvalue weighted by molar-refractivity contribution is -0.148. The first-order valence-corrected chi connectivity index (χ1v) is 15.7. The van der Waals surface area contributed by atoms with E-state index in [4.69, 9.17) is 21.6 Å². The standard InChI is InChI=1S/C27H41ClN6O3S/c1-14-3-17(18-4-23(28)31-11-21(18)37-2)19(10-30-14)24(35)33-26-32-20-12-34(13-22(20)38-26)25(36)16-7-27(8-16)5-15(6-27)9-29/h14-23,26,30-32H,3-8,10-13H2,1-2H3,(H,33,35). The molecule has 0 bridgehead atoms. The number of rotatable bonds is 5. The normalized spacial score (nSPS) is 48.1. The molecule has 4 N–H and O–H groups in total. The number of carbonyl (C=O) groups excluding carboxylic acids is 2. The molecule has 38 heavy (non-hydrogen) atoms. The summed E-state index contributed by atoms with van der Waals surface area (Å²) in [6, 6.07) is 2.92. The molecule has 2 aliphatic carbocycles. The Morgan fingerprint density at radius 3 is 2.63 bits per heavy atom. The Hall–Kier alpha value is -1.09. The minimum Gasteiger partial charge on any atom is -0.380 e. The van der Waals surface area contributed by atoms with Crippen molar-refractivity contribution in [2.24, 2.45) is 35.0 Å². The van der Waals surface area contributed by atoms with Crippen LogP contribution in [0.2, 0.25) is 0 Å². The van der Waals surface area contributed by atoms with E-state index in [1.807, 2.05) is 4.90 Å². The SMILES string of the molecule is COC1CNC(Cl)CC1C1CC(C)NCC1C(=O)NC1NC2CN(C(=O)C3CC4(CC(C#N)C4)C3)CC2S1. The van der Waals surface area contributed by atoms with Crippen LogP contribution in [0.25, 0.3) is 0 Å². The van der Waals surface area contributed by atoms with E-state index in [-0.39, 0.29) is 70.0 Å². The highest BCUT2D eigenvalue weighted by molar-refractivity contribution is 8.00. The second kappa shape index (κ2) is 10.7. The van der Waals surface area contributed by atoms with Crippen molar-refractivity contribution in [2.75, 3.05) is 33.3 Å². The van der Waals surface area contributed by atoms with Crippen molar-refractivity contribution in [2.45, 2.75) is 79.9 Å². The van der Waals surface area contributed by atoms with Gasteiger partial charge in [-0.25, -0.2) is 0 Å². The fourth-order valence-corrected chi connectivity index (χ4v) is 9.98. The van der Waals surface area contributed by atoms with Gasteiger partial charge in [0.15, 0.2) is 0 Å². The van der Waals surface area contributed by atoms with Gasteiger partial charge in [0.2, 0.25) is 11.8 Å². The second-order valence-corrected chi connectivity index (χ2v) is 14.7. The van der Waals surface area contributed by atoms with Crippen molar-refractivity contribution >= 4 is 35.2 Å². The fraction of sp³-hybridized carbons (Fsp3) is 0.889. The summed E-state index contributed by atoms with van der Waals surface area (Å²) in [6.45, 7) is 5.01. The molecule has 9 nitrogen and oxygen atoms in total. The van der Waals surface area contributed by atoms with Gasteiger partial charge < -0.3 is 20.3 Å². The molecule has 0 aromatic carbocycles. The van der Waals surface area contributed by atoms with Crippen LogP contribution in [0, 0.1) is 46.3 Å². The van der Waals surface area contributed by atoms with E-state index in [2.05, 4.69) is 34.3 Å². The average Bonchev–Trinajstić information content (AvgIpc) is 3.41. The van der Waals surface area contributed by atoms with E-state index < -0.39 is 0 Å². The molecule has 0 aromatic heterocycles. The van der Waals surface area contributed by atoms with Gasteiger partial charge in [-0.05, 0) is 62.7 Å². The maximum atomic E-state index is 13.6. The van der Waals surface area contributed by atoms with Crippen molar-refractivity contribution in [3.05, 3.63) is 0 Å². The van der Waals surface area contributed by atoms with Gasteiger partial charge >= 0.3 is 0 Å². The number of piperidine rings is 2. The van der Waals surface area contributed by atoms with E-state index in [9.17, 15) is 9.59 Å². The number of alkyl halides is 1. The summed E-state index contributed by atoms with van der Waals surface area (Å²) in [6.07, 6.45) is 5.64. The highest BCUT2D eigenvalue weighted by Crippen LogP contribution is 2.61. The Kier molecular flexibility index (Phi) is 7.64. The Labute approximate surface area is 234 Å². The lowest BCUT2D eigenvalue weighted by Crippen LogP contribution is -2.57. The van der Waals surface area contributed by atoms with Crippen LogP contribution >= 0.6 is 23.4 Å². The lowest BCUT2D eigenvalue weighted by atomic mass is 9.48. The maximum absolute atomic E-state index is 13.6. The summed E-state index contributed by atoms with van der Waals surface area (Å²) in [5, 5.41) is 23.0. The number of nitrogens with zero attached hydrogens (tertiary/aromatic N) is 2. The zero-order chi connectivity index (χ0) is 26.6. The number of carbonyl (C=O) groups is 2. The number of nitriles is 1. The van der Waals surface area contributed by atoms with Crippen LogP contribution in [-0.4, -0.2) is 84.4 Å². The monoisotopic (exact) mass is 564 g/mol. The fourth-order valence-electron chi connectivity index (χ4n) is 8.27. The van der Waals surface area contributed by atoms with Crippen molar-refractivity contribution in [1.29, 1.82) is 5.26 Å². The van der Waals surface area contributed by atoms with Crippen LogP contribution in [0.5, 0.6) is 0 Å². The number of hydrogen-bond acceptors (Lipinski definition) is 8. The Morgan fingerprint density at radius 1 is 1.13 bits per heavy atom. The molecule has 6 aliphatic rings. The zero-order valence-electron chi connectivity index (χ0n) is 22.3.